The lowest BCUT2D eigenvalue weighted by molar-refractivity contribution is 0.136. The van der Waals surface area contributed by atoms with Gasteiger partial charge in [-0.2, -0.15) is 0 Å². The van der Waals surface area contributed by atoms with Crippen molar-refractivity contribution < 1.29 is 9.53 Å². The maximum absolute atomic E-state index is 10.3. The van der Waals surface area contributed by atoms with Gasteiger partial charge in [0.05, 0.1) is 6.10 Å². The Kier molecular flexibility index (Phi) is 7.67. The van der Waals surface area contributed by atoms with Gasteiger partial charge in [0.2, 0.25) is 0 Å². The Morgan fingerprint density at radius 3 is 2.52 bits per heavy atom. The summed E-state index contributed by atoms with van der Waals surface area (Å²) in [4.78, 5) is 0. The molecule has 3 atom stereocenters. The average molecular weight is 387 g/mol. The molecule has 0 unspecified atom stereocenters. The van der Waals surface area contributed by atoms with Gasteiger partial charge in [-0.3, -0.25) is 0 Å². The molecule has 1 aromatic rings. The van der Waals surface area contributed by atoms with Crippen LogP contribution >= 0.6 is 0 Å². The van der Waals surface area contributed by atoms with E-state index < -0.39 is 8.32 Å². The van der Waals surface area contributed by atoms with Gasteiger partial charge < -0.3 is 9.53 Å². The fraction of sp³-hybridized carbons (Fsp3) is 0.583. The number of benzene rings is 1. The number of rotatable bonds is 9. The maximum Gasteiger partial charge on any atom is 0.192 e. The number of aliphatic hydroxyl groups excluding tert-OH is 1. The predicted octanol–water partition coefficient (Wildman–Crippen LogP) is 6.28. The van der Waals surface area contributed by atoms with Crippen molar-refractivity contribution in [1.82, 2.24) is 0 Å². The summed E-state index contributed by atoms with van der Waals surface area (Å²) < 4.78 is 6.82. The van der Waals surface area contributed by atoms with Crippen LogP contribution in [-0.4, -0.2) is 25.6 Å². The Balaban J connectivity index is 2.09. The molecule has 1 aromatic carbocycles. The highest BCUT2D eigenvalue weighted by molar-refractivity contribution is 6.74. The molecule has 3 heteroatoms. The van der Waals surface area contributed by atoms with E-state index in [1.807, 2.05) is 6.08 Å². The molecule has 0 aromatic heterocycles. The van der Waals surface area contributed by atoms with E-state index in [4.69, 9.17) is 4.43 Å². The van der Waals surface area contributed by atoms with E-state index in [-0.39, 0.29) is 23.2 Å². The van der Waals surface area contributed by atoms with Gasteiger partial charge in [0, 0.05) is 12.0 Å². The molecule has 0 fully saturated rings. The molecule has 0 spiro atoms. The normalized spacial score (nSPS) is 21.8. The summed E-state index contributed by atoms with van der Waals surface area (Å²) in [6.07, 6.45) is 8.75. The quantitative estimate of drug-likeness (QED) is 0.399. The van der Waals surface area contributed by atoms with Gasteiger partial charge in [-0.25, -0.2) is 0 Å². The molecule has 2 nitrogen and oxygen atoms in total. The van der Waals surface area contributed by atoms with Gasteiger partial charge in [-0.15, -0.1) is 6.58 Å². The van der Waals surface area contributed by atoms with Crippen LogP contribution in [0.5, 0.6) is 0 Å². The molecule has 1 aliphatic carbocycles. The summed E-state index contributed by atoms with van der Waals surface area (Å²) in [6.45, 7) is 15.4. The monoisotopic (exact) mass is 386 g/mol. The second kappa shape index (κ2) is 9.36. The third-order valence-electron chi connectivity index (χ3n) is 6.31. The molecular formula is C24H38O2Si. The lowest BCUT2D eigenvalue weighted by atomic mass is 9.91. The van der Waals surface area contributed by atoms with Crippen molar-refractivity contribution in [3.05, 3.63) is 60.2 Å². The van der Waals surface area contributed by atoms with E-state index in [0.717, 1.165) is 32.1 Å². The molecule has 0 amide bonds. The van der Waals surface area contributed by atoms with Crippen LogP contribution in [0.1, 0.15) is 52.0 Å². The fourth-order valence-electron chi connectivity index (χ4n) is 3.61. The Morgan fingerprint density at radius 1 is 1.26 bits per heavy atom. The van der Waals surface area contributed by atoms with Crippen molar-refractivity contribution >= 4 is 8.32 Å². The summed E-state index contributed by atoms with van der Waals surface area (Å²) in [5.74, 6) is 0.243. The zero-order valence-corrected chi connectivity index (χ0v) is 18.9. The van der Waals surface area contributed by atoms with Gasteiger partial charge in [0.1, 0.15) is 0 Å². The highest BCUT2D eigenvalue weighted by atomic mass is 28.4. The molecule has 0 aliphatic heterocycles. The highest BCUT2D eigenvalue weighted by Gasteiger charge is 2.39. The second-order valence-corrected chi connectivity index (χ2v) is 14.2. The van der Waals surface area contributed by atoms with Crippen LogP contribution in [0.4, 0.5) is 0 Å². The fourth-order valence-corrected chi connectivity index (χ4v) is 5.00. The smallest absolute Gasteiger partial charge is 0.192 e. The second-order valence-electron chi connectivity index (χ2n) is 9.44. The molecule has 0 bridgehead atoms. The first-order valence-electron chi connectivity index (χ1n) is 10.3. The minimum absolute atomic E-state index is 0.204. The average Bonchev–Trinajstić information content (AvgIpc) is 2.93. The SMILES string of the molecule is C=CC[C@@H]1C(CC[C@@H](Cc2ccccc2)O[Si](C)(C)C(C)(C)C)=CC[C@@H]1O. The molecule has 0 saturated carbocycles. The van der Waals surface area contributed by atoms with Crippen LogP contribution in [-0.2, 0) is 10.8 Å². The van der Waals surface area contributed by atoms with E-state index in [1.54, 1.807) is 0 Å². The first-order valence-corrected chi connectivity index (χ1v) is 13.2. The van der Waals surface area contributed by atoms with E-state index >= 15 is 0 Å². The molecule has 150 valence electrons. The minimum atomic E-state index is -1.83. The van der Waals surface area contributed by atoms with Gasteiger partial charge in [-0.05, 0) is 55.8 Å². The standard InChI is InChI=1S/C24H38O2Si/c1-7-11-22-20(15-17-23(22)25)14-16-21(18-19-12-9-8-10-13-19)26-27(5,6)24(2,3)4/h7-10,12-13,15,21-23,25H,1,11,14,16-18H2,2-6H3/t21-,22+,23-/m0/s1. The van der Waals surface area contributed by atoms with Crippen molar-refractivity contribution in [1.29, 1.82) is 0 Å². The largest absolute Gasteiger partial charge is 0.414 e. The van der Waals surface area contributed by atoms with Crippen molar-refractivity contribution in [3.63, 3.8) is 0 Å². The Morgan fingerprint density at radius 2 is 1.93 bits per heavy atom. The third kappa shape index (κ3) is 6.17. The number of allylic oxidation sites excluding steroid dienone is 1. The molecular weight excluding hydrogens is 348 g/mol. The van der Waals surface area contributed by atoms with Crippen LogP contribution < -0.4 is 0 Å². The molecule has 0 saturated heterocycles. The lowest BCUT2D eigenvalue weighted by Gasteiger charge is -2.39. The first kappa shape index (κ1) is 22.1. The van der Waals surface area contributed by atoms with E-state index in [9.17, 15) is 5.11 Å². The molecule has 0 radical (unpaired) electrons. The molecule has 27 heavy (non-hydrogen) atoms. The first-order chi connectivity index (χ1) is 12.6. The maximum atomic E-state index is 10.3. The molecule has 2 rings (SSSR count). The highest BCUT2D eigenvalue weighted by Crippen LogP contribution is 2.39. The van der Waals surface area contributed by atoms with E-state index in [1.165, 1.54) is 11.1 Å². The zero-order valence-electron chi connectivity index (χ0n) is 17.9. The Labute approximate surface area is 167 Å². The van der Waals surface area contributed by atoms with E-state index in [2.05, 4.69) is 76.9 Å². The van der Waals surface area contributed by atoms with Gasteiger partial charge in [0.15, 0.2) is 8.32 Å². The summed E-state index contributed by atoms with van der Waals surface area (Å²) >= 11 is 0. The van der Waals surface area contributed by atoms with Gasteiger partial charge >= 0.3 is 0 Å². The topological polar surface area (TPSA) is 29.5 Å². The summed E-state index contributed by atoms with van der Waals surface area (Å²) in [7, 11) is -1.83. The predicted molar refractivity (Wildman–Crippen MR) is 118 cm³/mol. The van der Waals surface area contributed by atoms with E-state index in [0.29, 0.717) is 0 Å². The lowest BCUT2D eigenvalue weighted by Crippen LogP contribution is -2.44. The van der Waals surface area contributed by atoms with Crippen LogP contribution in [0.25, 0.3) is 0 Å². The van der Waals surface area contributed by atoms with Crippen LogP contribution in [0, 0.1) is 5.92 Å². The Hall–Kier alpha value is -1.16. The van der Waals surface area contributed by atoms with Crippen molar-refractivity contribution in [3.8, 4) is 0 Å². The van der Waals surface area contributed by atoms with Crippen molar-refractivity contribution in [2.75, 3.05) is 0 Å². The zero-order chi connectivity index (χ0) is 20.1. The van der Waals surface area contributed by atoms with Crippen molar-refractivity contribution in [2.24, 2.45) is 5.92 Å². The summed E-state index contributed by atoms with van der Waals surface area (Å²) in [5, 5.41) is 10.5. The van der Waals surface area contributed by atoms with Gasteiger partial charge in [0.25, 0.3) is 0 Å². The number of aliphatic hydroxyl groups is 1. The number of hydrogen-bond donors (Lipinski definition) is 1. The molecule has 1 N–H and O–H groups in total. The molecule has 0 heterocycles. The third-order valence-corrected chi connectivity index (χ3v) is 10.8. The van der Waals surface area contributed by atoms with Crippen LogP contribution in [0.2, 0.25) is 18.1 Å². The number of hydrogen-bond acceptors (Lipinski definition) is 2. The van der Waals surface area contributed by atoms with Gasteiger partial charge in [-0.1, -0.05) is 68.8 Å². The molecule has 1 aliphatic rings. The van der Waals surface area contributed by atoms with Crippen LogP contribution in [0.3, 0.4) is 0 Å². The summed E-state index contributed by atoms with van der Waals surface area (Å²) in [5.41, 5.74) is 2.73. The van der Waals surface area contributed by atoms with Crippen molar-refractivity contribution in [2.45, 2.75) is 83.2 Å². The Bertz CT molecular complexity index is 628. The van der Waals surface area contributed by atoms with Crippen LogP contribution in [0.15, 0.2) is 54.6 Å². The minimum Gasteiger partial charge on any atom is -0.414 e. The summed E-state index contributed by atoms with van der Waals surface area (Å²) in [6, 6.07) is 10.7.